The average molecular weight is 323 g/mol. The van der Waals surface area contributed by atoms with Crippen LogP contribution in [0.25, 0.3) is 0 Å². The van der Waals surface area contributed by atoms with Crippen molar-refractivity contribution in [3.63, 3.8) is 0 Å². The molecule has 1 aliphatic carbocycles. The van der Waals surface area contributed by atoms with E-state index in [-0.39, 0.29) is 5.92 Å². The van der Waals surface area contributed by atoms with Crippen molar-refractivity contribution >= 4 is 21.8 Å². The fourth-order valence-corrected chi connectivity index (χ4v) is 3.36. The molecule has 1 saturated heterocycles. The molecular formula is C15H19BrN2O. The quantitative estimate of drug-likeness (QED) is 0.906. The number of hydrogen-bond acceptors (Lipinski definition) is 2. The highest BCUT2D eigenvalue weighted by molar-refractivity contribution is 9.10. The number of carbonyl (C=O) groups is 1. The number of benzene rings is 1. The fourth-order valence-electron chi connectivity index (χ4n) is 2.94. The SMILES string of the molecule is C[C@@H]1CN(C(=O)[C@@H]2C[C@@H]2c2cccc(Br)c2)CCN1. The first-order valence-corrected chi connectivity index (χ1v) is 7.72. The molecule has 3 atom stereocenters. The average Bonchev–Trinajstić information content (AvgIpc) is 3.18. The number of carbonyl (C=O) groups excluding carboxylic acids is 1. The van der Waals surface area contributed by atoms with Crippen molar-refractivity contribution in [3.05, 3.63) is 34.3 Å². The highest BCUT2D eigenvalue weighted by atomic mass is 79.9. The van der Waals surface area contributed by atoms with Crippen LogP contribution in [0.3, 0.4) is 0 Å². The Morgan fingerprint density at radius 2 is 2.32 bits per heavy atom. The predicted molar refractivity (Wildman–Crippen MR) is 79.0 cm³/mol. The van der Waals surface area contributed by atoms with Crippen molar-refractivity contribution in [3.8, 4) is 0 Å². The lowest BCUT2D eigenvalue weighted by Gasteiger charge is -2.32. The maximum atomic E-state index is 12.5. The van der Waals surface area contributed by atoms with E-state index in [2.05, 4.69) is 40.3 Å². The number of rotatable bonds is 2. The van der Waals surface area contributed by atoms with E-state index in [4.69, 9.17) is 0 Å². The minimum Gasteiger partial charge on any atom is -0.340 e. The molecule has 1 aromatic carbocycles. The Morgan fingerprint density at radius 3 is 3.05 bits per heavy atom. The van der Waals surface area contributed by atoms with Gasteiger partial charge in [-0.25, -0.2) is 0 Å². The Morgan fingerprint density at radius 1 is 1.47 bits per heavy atom. The first-order valence-electron chi connectivity index (χ1n) is 6.93. The third-order valence-electron chi connectivity index (χ3n) is 4.06. The number of amides is 1. The topological polar surface area (TPSA) is 32.3 Å². The van der Waals surface area contributed by atoms with E-state index < -0.39 is 0 Å². The number of halogens is 1. The minimum absolute atomic E-state index is 0.208. The van der Waals surface area contributed by atoms with Gasteiger partial charge in [-0.1, -0.05) is 28.1 Å². The first-order chi connectivity index (χ1) is 9.15. The summed E-state index contributed by atoms with van der Waals surface area (Å²) < 4.78 is 1.10. The van der Waals surface area contributed by atoms with Gasteiger partial charge >= 0.3 is 0 Å². The summed E-state index contributed by atoms with van der Waals surface area (Å²) >= 11 is 3.50. The van der Waals surface area contributed by atoms with Crippen LogP contribution in [-0.4, -0.2) is 36.5 Å². The van der Waals surface area contributed by atoms with Crippen molar-refractivity contribution in [2.45, 2.75) is 25.3 Å². The molecule has 1 amide bonds. The zero-order valence-corrected chi connectivity index (χ0v) is 12.7. The lowest BCUT2D eigenvalue weighted by Crippen LogP contribution is -2.51. The van der Waals surface area contributed by atoms with Crippen LogP contribution >= 0.6 is 15.9 Å². The molecular weight excluding hydrogens is 304 g/mol. The summed E-state index contributed by atoms with van der Waals surface area (Å²) in [4.78, 5) is 14.5. The van der Waals surface area contributed by atoms with Gasteiger partial charge in [0.15, 0.2) is 0 Å². The molecule has 0 spiro atoms. The van der Waals surface area contributed by atoms with Crippen LogP contribution in [0.5, 0.6) is 0 Å². The van der Waals surface area contributed by atoms with Crippen molar-refractivity contribution in [2.75, 3.05) is 19.6 Å². The Balaban J connectivity index is 1.64. The minimum atomic E-state index is 0.208. The van der Waals surface area contributed by atoms with Crippen LogP contribution in [0.1, 0.15) is 24.8 Å². The summed E-state index contributed by atoms with van der Waals surface area (Å²) in [5.41, 5.74) is 1.29. The monoisotopic (exact) mass is 322 g/mol. The summed E-state index contributed by atoms with van der Waals surface area (Å²) in [7, 11) is 0. The molecule has 1 saturated carbocycles. The van der Waals surface area contributed by atoms with Gasteiger partial charge in [0.25, 0.3) is 0 Å². The van der Waals surface area contributed by atoms with Gasteiger partial charge in [0, 0.05) is 36.1 Å². The Bertz CT molecular complexity index is 491. The third kappa shape index (κ3) is 2.84. The molecule has 2 fully saturated rings. The molecule has 0 unspecified atom stereocenters. The highest BCUT2D eigenvalue weighted by Crippen LogP contribution is 2.48. The highest BCUT2D eigenvalue weighted by Gasteiger charge is 2.46. The first kappa shape index (κ1) is 13.1. The normalized spacial score (nSPS) is 30.2. The van der Waals surface area contributed by atoms with Gasteiger partial charge in [0.2, 0.25) is 5.91 Å². The molecule has 1 aromatic rings. The summed E-state index contributed by atoms with van der Waals surface area (Å²) in [6, 6.07) is 8.76. The molecule has 3 rings (SSSR count). The molecule has 0 radical (unpaired) electrons. The molecule has 3 nitrogen and oxygen atoms in total. The molecule has 102 valence electrons. The Kier molecular flexibility index (Phi) is 3.63. The van der Waals surface area contributed by atoms with E-state index in [0.29, 0.717) is 17.9 Å². The number of piperazine rings is 1. The van der Waals surface area contributed by atoms with Gasteiger partial charge in [-0.15, -0.1) is 0 Å². The van der Waals surface area contributed by atoms with Gasteiger partial charge in [0.1, 0.15) is 0 Å². The Hall–Kier alpha value is -0.870. The summed E-state index contributed by atoms with van der Waals surface area (Å²) in [5, 5.41) is 3.38. The second-order valence-corrected chi connectivity index (χ2v) is 6.56. The lowest BCUT2D eigenvalue weighted by molar-refractivity contribution is -0.133. The molecule has 2 aliphatic rings. The number of hydrogen-bond donors (Lipinski definition) is 1. The van der Waals surface area contributed by atoms with Crippen LogP contribution in [0, 0.1) is 5.92 Å². The molecule has 1 N–H and O–H groups in total. The zero-order chi connectivity index (χ0) is 13.4. The van der Waals surface area contributed by atoms with Crippen LogP contribution in [0.15, 0.2) is 28.7 Å². The van der Waals surface area contributed by atoms with Gasteiger partial charge in [-0.2, -0.15) is 0 Å². The predicted octanol–water partition coefficient (Wildman–Crippen LogP) is 2.37. The van der Waals surface area contributed by atoms with Crippen LogP contribution in [-0.2, 0) is 4.79 Å². The number of nitrogens with zero attached hydrogens (tertiary/aromatic N) is 1. The summed E-state index contributed by atoms with van der Waals surface area (Å²) in [6.45, 7) is 4.75. The van der Waals surface area contributed by atoms with Crippen LogP contribution in [0.2, 0.25) is 0 Å². The fraction of sp³-hybridized carbons (Fsp3) is 0.533. The van der Waals surface area contributed by atoms with Gasteiger partial charge in [-0.3, -0.25) is 4.79 Å². The molecule has 1 aliphatic heterocycles. The van der Waals surface area contributed by atoms with E-state index in [0.717, 1.165) is 30.5 Å². The lowest BCUT2D eigenvalue weighted by atomic mass is 10.1. The zero-order valence-electron chi connectivity index (χ0n) is 11.1. The summed E-state index contributed by atoms with van der Waals surface area (Å²) in [6.07, 6.45) is 1.01. The number of nitrogens with one attached hydrogen (secondary N) is 1. The van der Waals surface area contributed by atoms with E-state index in [1.54, 1.807) is 0 Å². The second-order valence-electron chi connectivity index (χ2n) is 5.64. The molecule has 0 bridgehead atoms. The van der Waals surface area contributed by atoms with Gasteiger partial charge in [0.05, 0.1) is 0 Å². The maximum Gasteiger partial charge on any atom is 0.226 e. The standard InChI is InChI=1S/C15H19BrN2O/c1-10-9-18(6-5-17-10)15(19)14-8-13(14)11-3-2-4-12(16)7-11/h2-4,7,10,13-14,17H,5-6,8-9H2,1H3/t10-,13-,14-/m1/s1. The largest absolute Gasteiger partial charge is 0.340 e. The third-order valence-corrected chi connectivity index (χ3v) is 4.56. The van der Waals surface area contributed by atoms with Gasteiger partial charge < -0.3 is 10.2 Å². The van der Waals surface area contributed by atoms with E-state index >= 15 is 0 Å². The molecule has 0 aromatic heterocycles. The van der Waals surface area contributed by atoms with Crippen molar-refractivity contribution < 1.29 is 4.79 Å². The van der Waals surface area contributed by atoms with Crippen LogP contribution in [0.4, 0.5) is 0 Å². The van der Waals surface area contributed by atoms with Gasteiger partial charge in [-0.05, 0) is 37.0 Å². The van der Waals surface area contributed by atoms with Crippen molar-refractivity contribution in [1.82, 2.24) is 10.2 Å². The summed E-state index contributed by atoms with van der Waals surface area (Å²) in [5.74, 6) is 0.980. The smallest absolute Gasteiger partial charge is 0.226 e. The molecule has 1 heterocycles. The maximum absolute atomic E-state index is 12.5. The molecule has 19 heavy (non-hydrogen) atoms. The van der Waals surface area contributed by atoms with E-state index in [9.17, 15) is 4.79 Å². The van der Waals surface area contributed by atoms with E-state index in [1.165, 1.54) is 5.56 Å². The van der Waals surface area contributed by atoms with E-state index in [1.807, 2.05) is 17.0 Å². The van der Waals surface area contributed by atoms with Crippen molar-refractivity contribution in [2.24, 2.45) is 5.92 Å². The van der Waals surface area contributed by atoms with Crippen LogP contribution < -0.4 is 5.32 Å². The Labute approximate surface area is 122 Å². The second kappa shape index (κ2) is 5.25. The molecule has 4 heteroatoms. The van der Waals surface area contributed by atoms with Crippen molar-refractivity contribution in [1.29, 1.82) is 0 Å².